The summed E-state index contributed by atoms with van der Waals surface area (Å²) < 4.78 is 0. The van der Waals surface area contributed by atoms with E-state index in [-0.39, 0.29) is 0 Å². The lowest BCUT2D eigenvalue weighted by atomic mass is 10.3. The van der Waals surface area contributed by atoms with Crippen LogP contribution in [-0.2, 0) is 6.54 Å². The van der Waals surface area contributed by atoms with Crippen LogP contribution in [0, 0.1) is 0 Å². The molecule has 0 bridgehead atoms. The molecule has 0 saturated carbocycles. The van der Waals surface area contributed by atoms with Gasteiger partial charge in [0, 0.05) is 12.7 Å². The predicted octanol–water partition coefficient (Wildman–Crippen LogP) is 1.44. The van der Waals surface area contributed by atoms with Crippen LogP contribution in [0.1, 0.15) is 5.69 Å². The summed E-state index contributed by atoms with van der Waals surface area (Å²) in [7, 11) is 2.03. The van der Waals surface area contributed by atoms with Gasteiger partial charge in [-0.2, -0.15) is 15.4 Å². The second-order valence-electron chi connectivity index (χ2n) is 3.15. The van der Waals surface area contributed by atoms with E-state index in [9.17, 15) is 0 Å². The van der Waals surface area contributed by atoms with Crippen molar-refractivity contribution in [3.8, 4) is 0 Å². The van der Waals surface area contributed by atoms with Crippen LogP contribution in [0.25, 0.3) is 0 Å². The van der Waals surface area contributed by atoms with Crippen molar-refractivity contribution in [1.29, 1.82) is 0 Å². The highest BCUT2D eigenvalue weighted by Crippen LogP contribution is 2.12. The van der Waals surface area contributed by atoms with Crippen molar-refractivity contribution in [1.82, 2.24) is 15.4 Å². The Hall–Kier alpha value is -1.84. The smallest absolute Gasteiger partial charge is 0.102 e. The number of hydrogen-bond donors (Lipinski definition) is 1. The Kier molecular flexibility index (Phi) is 2.44. The van der Waals surface area contributed by atoms with Gasteiger partial charge in [0.15, 0.2) is 0 Å². The van der Waals surface area contributed by atoms with Crippen LogP contribution in [-0.4, -0.2) is 22.5 Å². The molecule has 0 unspecified atom stereocenters. The highest BCUT2D eigenvalue weighted by Gasteiger charge is 2.02. The Morgan fingerprint density at radius 2 is 2.07 bits per heavy atom. The molecule has 0 saturated heterocycles. The van der Waals surface area contributed by atoms with Gasteiger partial charge in [-0.1, -0.05) is 18.2 Å². The maximum Gasteiger partial charge on any atom is 0.102 e. The van der Waals surface area contributed by atoms with Gasteiger partial charge in [0.25, 0.3) is 0 Å². The molecule has 72 valence electrons. The highest BCUT2D eigenvalue weighted by molar-refractivity contribution is 5.45. The van der Waals surface area contributed by atoms with Crippen LogP contribution < -0.4 is 4.90 Å². The third-order valence-corrected chi connectivity index (χ3v) is 2.06. The molecular weight excluding hydrogens is 176 g/mol. The Morgan fingerprint density at radius 1 is 1.29 bits per heavy atom. The number of aromatic nitrogens is 3. The molecule has 2 rings (SSSR count). The molecule has 0 fully saturated rings. The second-order valence-corrected chi connectivity index (χ2v) is 3.15. The SMILES string of the molecule is CN(Cc1cn[nH]n1)c1ccccc1. The van der Waals surface area contributed by atoms with E-state index in [4.69, 9.17) is 0 Å². The van der Waals surface area contributed by atoms with Gasteiger partial charge in [-0.3, -0.25) is 0 Å². The number of benzene rings is 1. The minimum Gasteiger partial charge on any atom is -0.369 e. The molecule has 4 nitrogen and oxygen atoms in total. The number of nitrogens with one attached hydrogen (secondary N) is 1. The van der Waals surface area contributed by atoms with E-state index in [1.807, 2.05) is 25.2 Å². The lowest BCUT2D eigenvalue weighted by Crippen LogP contribution is -2.16. The monoisotopic (exact) mass is 188 g/mol. The molecule has 14 heavy (non-hydrogen) atoms. The molecule has 1 aromatic heterocycles. The third-order valence-electron chi connectivity index (χ3n) is 2.06. The van der Waals surface area contributed by atoms with Gasteiger partial charge in [0.2, 0.25) is 0 Å². The fourth-order valence-electron chi connectivity index (χ4n) is 1.32. The molecule has 0 radical (unpaired) electrons. The minimum absolute atomic E-state index is 0.764. The first-order valence-corrected chi connectivity index (χ1v) is 4.47. The maximum absolute atomic E-state index is 4.00. The Balaban J connectivity index is 2.07. The van der Waals surface area contributed by atoms with Crippen LogP contribution in [0.3, 0.4) is 0 Å². The van der Waals surface area contributed by atoms with Crippen molar-refractivity contribution in [2.75, 3.05) is 11.9 Å². The number of rotatable bonds is 3. The molecule has 0 aliphatic carbocycles. The number of H-pyrrole nitrogens is 1. The average Bonchev–Trinajstić information content (AvgIpc) is 2.72. The quantitative estimate of drug-likeness (QED) is 0.792. The van der Waals surface area contributed by atoms with Gasteiger partial charge in [-0.05, 0) is 12.1 Å². The molecule has 1 N–H and O–H groups in total. The largest absolute Gasteiger partial charge is 0.369 e. The van der Waals surface area contributed by atoms with Gasteiger partial charge >= 0.3 is 0 Å². The molecule has 4 heteroatoms. The van der Waals surface area contributed by atoms with E-state index in [1.54, 1.807) is 6.20 Å². The van der Waals surface area contributed by atoms with Gasteiger partial charge < -0.3 is 4.90 Å². The first kappa shape index (κ1) is 8.74. The molecule has 0 atom stereocenters. The molecule has 1 aromatic carbocycles. The van der Waals surface area contributed by atoms with Crippen LogP contribution in [0.15, 0.2) is 36.5 Å². The van der Waals surface area contributed by atoms with E-state index in [1.165, 1.54) is 5.69 Å². The summed E-state index contributed by atoms with van der Waals surface area (Å²) in [6.45, 7) is 0.764. The molecule has 0 aliphatic heterocycles. The summed E-state index contributed by atoms with van der Waals surface area (Å²) >= 11 is 0. The van der Waals surface area contributed by atoms with Crippen LogP contribution >= 0.6 is 0 Å². The van der Waals surface area contributed by atoms with Crippen molar-refractivity contribution < 1.29 is 0 Å². The number of hydrogen-bond acceptors (Lipinski definition) is 3. The first-order valence-electron chi connectivity index (χ1n) is 4.47. The molecule has 1 heterocycles. The van der Waals surface area contributed by atoms with Crippen molar-refractivity contribution in [3.05, 3.63) is 42.2 Å². The van der Waals surface area contributed by atoms with Gasteiger partial charge in [0.1, 0.15) is 5.69 Å². The van der Waals surface area contributed by atoms with E-state index in [2.05, 4.69) is 32.4 Å². The summed E-state index contributed by atoms with van der Waals surface area (Å²) in [5.74, 6) is 0. The predicted molar refractivity (Wildman–Crippen MR) is 54.9 cm³/mol. The Labute approximate surface area is 82.6 Å². The lowest BCUT2D eigenvalue weighted by molar-refractivity contribution is 0.855. The lowest BCUT2D eigenvalue weighted by Gasteiger charge is -2.17. The number of nitrogens with zero attached hydrogens (tertiary/aromatic N) is 3. The van der Waals surface area contributed by atoms with E-state index in [0.29, 0.717) is 0 Å². The molecule has 0 spiro atoms. The van der Waals surface area contributed by atoms with Gasteiger partial charge in [-0.25, -0.2) is 0 Å². The van der Waals surface area contributed by atoms with Crippen molar-refractivity contribution in [2.45, 2.75) is 6.54 Å². The second kappa shape index (κ2) is 3.91. The molecule has 0 amide bonds. The summed E-state index contributed by atoms with van der Waals surface area (Å²) in [6.07, 6.45) is 1.74. The zero-order valence-electron chi connectivity index (χ0n) is 8.01. The van der Waals surface area contributed by atoms with Gasteiger partial charge in [0.05, 0.1) is 12.7 Å². The summed E-state index contributed by atoms with van der Waals surface area (Å²) in [4.78, 5) is 2.12. The maximum atomic E-state index is 4.00. The van der Waals surface area contributed by atoms with Crippen molar-refractivity contribution in [2.24, 2.45) is 0 Å². The van der Waals surface area contributed by atoms with E-state index < -0.39 is 0 Å². The van der Waals surface area contributed by atoms with Crippen molar-refractivity contribution >= 4 is 5.69 Å². The van der Waals surface area contributed by atoms with Crippen LogP contribution in [0.5, 0.6) is 0 Å². The number of para-hydroxylation sites is 1. The molecule has 2 aromatic rings. The highest BCUT2D eigenvalue weighted by atomic mass is 15.3. The molecule has 0 aliphatic rings. The fraction of sp³-hybridized carbons (Fsp3) is 0.200. The topological polar surface area (TPSA) is 44.8 Å². The summed E-state index contributed by atoms with van der Waals surface area (Å²) in [5.41, 5.74) is 2.12. The Bertz CT molecular complexity index is 368. The molecular formula is C10H12N4. The minimum atomic E-state index is 0.764. The first-order chi connectivity index (χ1) is 6.86. The van der Waals surface area contributed by atoms with Crippen LogP contribution in [0.4, 0.5) is 5.69 Å². The standard InChI is InChI=1S/C10H12N4/c1-14(8-9-7-11-13-12-9)10-5-3-2-4-6-10/h2-7H,8H2,1H3,(H,11,12,13). The average molecular weight is 188 g/mol. The summed E-state index contributed by atoms with van der Waals surface area (Å²) in [6, 6.07) is 10.2. The fourth-order valence-corrected chi connectivity index (χ4v) is 1.32. The van der Waals surface area contributed by atoms with E-state index >= 15 is 0 Å². The number of anilines is 1. The van der Waals surface area contributed by atoms with E-state index in [0.717, 1.165) is 12.2 Å². The number of aromatic amines is 1. The zero-order chi connectivity index (χ0) is 9.80. The van der Waals surface area contributed by atoms with Crippen LogP contribution in [0.2, 0.25) is 0 Å². The zero-order valence-corrected chi connectivity index (χ0v) is 8.01. The normalized spacial score (nSPS) is 10.1. The Morgan fingerprint density at radius 3 is 2.71 bits per heavy atom. The van der Waals surface area contributed by atoms with Gasteiger partial charge in [-0.15, -0.1) is 0 Å². The van der Waals surface area contributed by atoms with Crippen molar-refractivity contribution in [3.63, 3.8) is 0 Å². The third kappa shape index (κ3) is 1.90. The summed E-state index contributed by atoms with van der Waals surface area (Å²) in [5, 5.41) is 10.4.